The third-order valence-electron chi connectivity index (χ3n) is 9.53. The van der Waals surface area contributed by atoms with Crippen molar-refractivity contribution >= 4 is 13.8 Å². The van der Waals surface area contributed by atoms with Gasteiger partial charge in [-0.3, -0.25) is 13.8 Å². The van der Waals surface area contributed by atoms with Gasteiger partial charge in [-0.25, -0.2) is 4.57 Å². The lowest BCUT2D eigenvalue weighted by molar-refractivity contribution is -0.153. The van der Waals surface area contributed by atoms with Crippen molar-refractivity contribution in [1.82, 2.24) is 0 Å². The first kappa shape index (κ1) is 50.1. The lowest BCUT2D eigenvalue weighted by Crippen LogP contribution is -2.27. The molecular weight excluding hydrogens is 661 g/mol. The maximum atomic E-state index is 12.5. The first-order valence-corrected chi connectivity index (χ1v) is 23.2. The van der Waals surface area contributed by atoms with E-state index in [9.17, 15) is 14.3 Å². The number of ether oxygens (including phenoxy) is 2. The molecule has 0 aromatic heterocycles. The van der Waals surface area contributed by atoms with Crippen LogP contribution in [-0.2, 0) is 27.9 Å². The fourth-order valence-corrected chi connectivity index (χ4v) is 7.08. The van der Waals surface area contributed by atoms with Crippen LogP contribution in [0.1, 0.15) is 219 Å². The predicted octanol–water partition coefficient (Wildman–Crippen LogP) is 13.0. The maximum absolute atomic E-state index is 12.5. The van der Waals surface area contributed by atoms with E-state index in [0.29, 0.717) is 6.42 Å². The summed E-state index contributed by atoms with van der Waals surface area (Å²) in [6.45, 7) is 4.28. The molecule has 0 radical (unpaired) electrons. The van der Waals surface area contributed by atoms with Gasteiger partial charge in [0.25, 0.3) is 0 Å². The smallest absolute Gasteiger partial charge is 0.472 e. The van der Waals surface area contributed by atoms with Crippen LogP contribution in [-0.4, -0.2) is 43.3 Å². The second-order valence-corrected chi connectivity index (χ2v) is 16.1. The van der Waals surface area contributed by atoms with Crippen LogP contribution >= 0.6 is 7.82 Å². The zero-order chi connectivity index (χ0) is 37.4. The zero-order valence-corrected chi connectivity index (χ0v) is 34.5. The highest BCUT2D eigenvalue weighted by molar-refractivity contribution is 7.47. The normalized spacial score (nSPS) is 13.5. The van der Waals surface area contributed by atoms with Gasteiger partial charge in [-0.15, -0.1) is 0 Å². The number of esters is 1. The summed E-state index contributed by atoms with van der Waals surface area (Å²) < 4.78 is 33.2. The molecule has 0 aromatic carbocycles. The molecule has 3 N–H and O–H groups in total. The number of unbranched alkanes of at least 4 members (excludes halogenated alkanes) is 29. The number of allylic oxidation sites excluding steroid dienone is 1. The second kappa shape index (κ2) is 40.3. The Balaban J connectivity index is 4.03. The largest absolute Gasteiger partial charge is 0.498 e. The van der Waals surface area contributed by atoms with Crippen molar-refractivity contribution in [2.75, 3.05) is 26.4 Å². The van der Waals surface area contributed by atoms with E-state index in [1.807, 2.05) is 6.08 Å². The molecule has 0 aliphatic heterocycles. The number of rotatable bonds is 42. The van der Waals surface area contributed by atoms with Gasteiger partial charge in [0.05, 0.1) is 19.5 Å². The average molecular weight is 746 g/mol. The molecule has 8 nitrogen and oxygen atoms in total. The van der Waals surface area contributed by atoms with Gasteiger partial charge in [-0.1, -0.05) is 194 Å². The van der Waals surface area contributed by atoms with E-state index in [2.05, 4.69) is 13.8 Å². The molecule has 0 amide bonds. The van der Waals surface area contributed by atoms with E-state index in [1.165, 1.54) is 167 Å². The number of phosphoric ester groups is 1. The number of hydrogen-bond acceptors (Lipinski definition) is 7. The summed E-state index contributed by atoms with van der Waals surface area (Å²) in [6, 6.07) is 0. The van der Waals surface area contributed by atoms with E-state index in [4.69, 9.17) is 24.3 Å². The summed E-state index contributed by atoms with van der Waals surface area (Å²) in [5.74, 6) is -0.348. The van der Waals surface area contributed by atoms with E-state index < -0.39 is 13.9 Å². The van der Waals surface area contributed by atoms with Crippen LogP contribution in [0.2, 0.25) is 0 Å². The molecule has 0 aromatic rings. The van der Waals surface area contributed by atoms with Crippen molar-refractivity contribution in [1.29, 1.82) is 0 Å². The SMILES string of the molecule is CCCCCCCCCCCCCCCCCC/C=C/OC[C@H](COP(=O)(O)OCCN)OC(=O)CCCCCCCCCCCCCCCC. The standard InChI is InChI=1S/C42H84NO7P/c1-3-5-7-9-11-13-15-17-19-20-21-22-24-26-28-30-32-34-37-47-39-41(40-49-51(45,46)48-38-36-43)50-42(44)35-33-31-29-27-25-23-18-16-14-12-10-8-6-4-2/h34,37,41H,3-33,35-36,38-40,43H2,1-2H3,(H,45,46)/b37-34+/t41-/m1/s1. The highest BCUT2D eigenvalue weighted by atomic mass is 31.2. The molecule has 0 bridgehead atoms. The second-order valence-electron chi connectivity index (χ2n) is 14.6. The lowest BCUT2D eigenvalue weighted by atomic mass is 10.0. The Hall–Kier alpha value is -0.920. The van der Waals surface area contributed by atoms with Crippen molar-refractivity contribution in [2.24, 2.45) is 5.73 Å². The van der Waals surface area contributed by atoms with Crippen LogP contribution in [0.4, 0.5) is 0 Å². The number of nitrogens with two attached hydrogens (primary N) is 1. The van der Waals surface area contributed by atoms with Crippen molar-refractivity contribution < 1.29 is 32.8 Å². The van der Waals surface area contributed by atoms with E-state index in [-0.39, 0.29) is 32.3 Å². The van der Waals surface area contributed by atoms with Gasteiger partial charge < -0.3 is 20.1 Å². The van der Waals surface area contributed by atoms with Gasteiger partial charge in [0.15, 0.2) is 6.10 Å². The number of phosphoric acid groups is 1. The molecule has 2 atom stereocenters. The molecule has 0 spiro atoms. The monoisotopic (exact) mass is 746 g/mol. The van der Waals surface area contributed by atoms with Crippen molar-refractivity contribution in [3.63, 3.8) is 0 Å². The first-order valence-electron chi connectivity index (χ1n) is 21.7. The Morgan fingerprint density at radius 2 is 0.980 bits per heavy atom. The Morgan fingerprint density at radius 1 is 0.588 bits per heavy atom. The van der Waals surface area contributed by atoms with Gasteiger partial charge in [0.1, 0.15) is 6.61 Å². The molecule has 0 saturated carbocycles. The van der Waals surface area contributed by atoms with Crippen LogP contribution in [0.5, 0.6) is 0 Å². The van der Waals surface area contributed by atoms with Gasteiger partial charge in [-0.2, -0.15) is 0 Å². The minimum absolute atomic E-state index is 0.0385. The van der Waals surface area contributed by atoms with E-state index in [0.717, 1.165) is 32.1 Å². The van der Waals surface area contributed by atoms with Gasteiger partial charge >= 0.3 is 13.8 Å². The number of hydrogen-bond donors (Lipinski definition) is 2. The lowest BCUT2D eigenvalue weighted by Gasteiger charge is -2.19. The summed E-state index contributed by atoms with van der Waals surface area (Å²) in [5.41, 5.74) is 5.36. The van der Waals surface area contributed by atoms with E-state index in [1.54, 1.807) is 6.26 Å². The molecule has 0 heterocycles. The van der Waals surface area contributed by atoms with Gasteiger partial charge in [-0.05, 0) is 25.3 Å². The summed E-state index contributed by atoms with van der Waals surface area (Å²) in [7, 11) is -4.28. The highest BCUT2D eigenvalue weighted by Crippen LogP contribution is 2.43. The van der Waals surface area contributed by atoms with Gasteiger partial charge in [0, 0.05) is 13.0 Å². The van der Waals surface area contributed by atoms with Crippen molar-refractivity contribution in [2.45, 2.75) is 225 Å². The Bertz CT molecular complexity index is 797. The molecule has 51 heavy (non-hydrogen) atoms. The minimum Gasteiger partial charge on any atom is -0.498 e. The van der Waals surface area contributed by atoms with E-state index >= 15 is 0 Å². The highest BCUT2D eigenvalue weighted by Gasteiger charge is 2.25. The van der Waals surface area contributed by atoms with Crippen LogP contribution in [0.25, 0.3) is 0 Å². The quantitative estimate of drug-likeness (QED) is 0.0274. The predicted molar refractivity (Wildman–Crippen MR) is 215 cm³/mol. The molecule has 0 saturated heterocycles. The molecule has 0 aliphatic carbocycles. The molecular formula is C42H84NO7P. The van der Waals surface area contributed by atoms with Crippen LogP contribution < -0.4 is 5.73 Å². The summed E-state index contributed by atoms with van der Waals surface area (Å²) in [4.78, 5) is 22.4. The zero-order valence-electron chi connectivity index (χ0n) is 33.6. The summed E-state index contributed by atoms with van der Waals surface area (Å²) >= 11 is 0. The number of carbonyl (C=O) groups is 1. The van der Waals surface area contributed by atoms with Gasteiger partial charge in [0.2, 0.25) is 0 Å². The molecule has 0 aliphatic rings. The van der Waals surface area contributed by atoms with Crippen molar-refractivity contribution in [3.8, 4) is 0 Å². The fraction of sp³-hybridized carbons (Fsp3) is 0.929. The molecule has 1 unspecified atom stereocenters. The molecule has 304 valence electrons. The summed E-state index contributed by atoms with van der Waals surface area (Å²) in [6.07, 6.45) is 43.2. The van der Waals surface area contributed by atoms with Crippen LogP contribution in [0.3, 0.4) is 0 Å². The third-order valence-corrected chi connectivity index (χ3v) is 10.5. The Kier molecular flexibility index (Phi) is 39.5. The van der Waals surface area contributed by atoms with Crippen molar-refractivity contribution in [3.05, 3.63) is 12.3 Å². The summed E-state index contributed by atoms with van der Waals surface area (Å²) in [5, 5.41) is 0. The molecule has 0 rings (SSSR count). The Morgan fingerprint density at radius 3 is 1.39 bits per heavy atom. The first-order chi connectivity index (χ1) is 24.9. The topological polar surface area (TPSA) is 117 Å². The van der Waals surface area contributed by atoms with Crippen LogP contribution in [0, 0.1) is 0 Å². The number of carbonyl (C=O) groups excluding carboxylic acids is 1. The third kappa shape index (κ3) is 40.1. The molecule has 9 heteroatoms. The minimum atomic E-state index is -4.28. The average Bonchev–Trinajstić information content (AvgIpc) is 3.12. The maximum Gasteiger partial charge on any atom is 0.472 e. The fourth-order valence-electron chi connectivity index (χ4n) is 6.32. The Labute approximate surface area is 315 Å². The molecule has 0 fully saturated rings. The van der Waals surface area contributed by atoms with Crippen LogP contribution in [0.15, 0.2) is 12.3 Å².